The monoisotopic (exact) mass is 299 g/mol. The summed E-state index contributed by atoms with van der Waals surface area (Å²) in [6, 6.07) is 5.88. The van der Waals surface area contributed by atoms with Gasteiger partial charge < -0.3 is 5.73 Å². The van der Waals surface area contributed by atoms with Crippen molar-refractivity contribution in [3.63, 3.8) is 0 Å². The summed E-state index contributed by atoms with van der Waals surface area (Å²) in [4.78, 5) is 0. The fourth-order valence-corrected chi connectivity index (χ4v) is 3.00. The van der Waals surface area contributed by atoms with Crippen LogP contribution in [0, 0.1) is 0 Å². The van der Waals surface area contributed by atoms with Crippen LogP contribution in [0.2, 0.25) is 5.02 Å². The molecular formula is C13H15BrClN. The molecule has 0 bridgehead atoms. The van der Waals surface area contributed by atoms with Gasteiger partial charge in [0.05, 0.1) is 6.04 Å². The van der Waals surface area contributed by atoms with E-state index in [1.165, 1.54) is 18.4 Å². The Bertz CT molecular complexity index is 394. The zero-order valence-corrected chi connectivity index (χ0v) is 11.4. The Morgan fingerprint density at radius 3 is 2.69 bits per heavy atom. The number of hydrogen-bond donors (Lipinski definition) is 1. The molecule has 1 atom stereocenters. The molecule has 0 fully saturated rings. The first-order valence-corrected chi connectivity index (χ1v) is 6.74. The van der Waals surface area contributed by atoms with Gasteiger partial charge in [-0.3, -0.25) is 0 Å². The Morgan fingerprint density at radius 2 is 2.06 bits per heavy atom. The summed E-state index contributed by atoms with van der Waals surface area (Å²) in [5.74, 6) is 0. The number of allylic oxidation sites excluding steroid dienone is 1. The molecule has 1 unspecified atom stereocenters. The molecule has 0 heterocycles. The third kappa shape index (κ3) is 2.88. The van der Waals surface area contributed by atoms with Crippen molar-refractivity contribution >= 4 is 27.5 Å². The van der Waals surface area contributed by atoms with E-state index >= 15 is 0 Å². The molecular weight excluding hydrogens is 286 g/mol. The van der Waals surface area contributed by atoms with E-state index in [0.29, 0.717) is 0 Å². The number of benzene rings is 1. The molecule has 0 aliphatic heterocycles. The van der Waals surface area contributed by atoms with E-state index in [4.69, 9.17) is 17.3 Å². The fourth-order valence-electron chi connectivity index (χ4n) is 2.11. The van der Waals surface area contributed by atoms with Gasteiger partial charge in [0.15, 0.2) is 0 Å². The van der Waals surface area contributed by atoms with Gasteiger partial charge in [0, 0.05) is 9.50 Å². The first-order chi connectivity index (χ1) is 7.66. The zero-order chi connectivity index (χ0) is 11.5. The van der Waals surface area contributed by atoms with Crippen molar-refractivity contribution in [3.05, 3.63) is 44.9 Å². The molecule has 0 saturated heterocycles. The van der Waals surface area contributed by atoms with Crippen molar-refractivity contribution in [1.29, 1.82) is 0 Å². The van der Waals surface area contributed by atoms with Crippen LogP contribution in [0.25, 0.3) is 0 Å². The molecule has 0 spiro atoms. The normalized spacial score (nSPS) is 18.1. The maximum Gasteiger partial charge on any atom is 0.0511 e. The molecule has 2 N–H and O–H groups in total. The van der Waals surface area contributed by atoms with Gasteiger partial charge in [-0.15, -0.1) is 0 Å². The predicted molar refractivity (Wildman–Crippen MR) is 72.6 cm³/mol. The fraction of sp³-hybridized carbons (Fsp3) is 0.385. The van der Waals surface area contributed by atoms with Crippen LogP contribution in [0.15, 0.2) is 34.3 Å². The van der Waals surface area contributed by atoms with Crippen molar-refractivity contribution in [1.82, 2.24) is 0 Å². The van der Waals surface area contributed by atoms with E-state index in [1.54, 1.807) is 0 Å². The summed E-state index contributed by atoms with van der Waals surface area (Å²) in [5, 5.41) is 0.733. The summed E-state index contributed by atoms with van der Waals surface area (Å²) < 4.78 is 0.988. The molecule has 0 aromatic heterocycles. The molecule has 0 saturated carbocycles. The lowest BCUT2D eigenvalue weighted by Gasteiger charge is -2.20. The smallest absolute Gasteiger partial charge is 0.0511 e. The van der Waals surface area contributed by atoms with Crippen LogP contribution in [0.3, 0.4) is 0 Å². The Balaban J connectivity index is 2.25. The Hall–Kier alpha value is -0.310. The van der Waals surface area contributed by atoms with Crippen LogP contribution in [-0.2, 0) is 0 Å². The third-order valence-corrected chi connectivity index (χ3v) is 3.65. The molecule has 1 aromatic carbocycles. The minimum atomic E-state index is -0.00435. The van der Waals surface area contributed by atoms with Gasteiger partial charge in [-0.1, -0.05) is 39.2 Å². The van der Waals surface area contributed by atoms with Crippen LogP contribution in [-0.4, -0.2) is 0 Å². The maximum absolute atomic E-state index is 6.26. The molecule has 16 heavy (non-hydrogen) atoms. The molecule has 2 rings (SSSR count). The average Bonchev–Trinajstić information content (AvgIpc) is 2.28. The second-order valence-corrected chi connectivity index (χ2v) is 5.56. The van der Waals surface area contributed by atoms with E-state index in [1.807, 2.05) is 18.2 Å². The quantitative estimate of drug-likeness (QED) is 0.794. The van der Waals surface area contributed by atoms with Gasteiger partial charge in [0.1, 0.15) is 0 Å². The molecule has 1 aliphatic carbocycles. The third-order valence-electron chi connectivity index (χ3n) is 2.97. The van der Waals surface area contributed by atoms with E-state index in [-0.39, 0.29) is 6.04 Å². The Morgan fingerprint density at radius 1 is 1.25 bits per heavy atom. The van der Waals surface area contributed by atoms with Crippen molar-refractivity contribution < 1.29 is 0 Å². The molecule has 86 valence electrons. The molecule has 1 nitrogen and oxygen atoms in total. The lowest BCUT2D eigenvalue weighted by Crippen LogP contribution is -2.14. The molecule has 1 aliphatic rings. The second-order valence-electron chi connectivity index (χ2n) is 4.21. The largest absolute Gasteiger partial charge is 0.321 e. The Kier molecular flexibility index (Phi) is 4.06. The lowest BCUT2D eigenvalue weighted by atomic mass is 9.90. The van der Waals surface area contributed by atoms with Gasteiger partial charge in [0.2, 0.25) is 0 Å². The zero-order valence-electron chi connectivity index (χ0n) is 9.05. The highest BCUT2D eigenvalue weighted by atomic mass is 79.9. The average molecular weight is 301 g/mol. The lowest BCUT2D eigenvalue weighted by molar-refractivity contribution is 0.648. The van der Waals surface area contributed by atoms with Gasteiger partial charge in [-0.25, -0.2) is 0 Å². The predicted octanol–water partition coefficient (Wildman–Crippen LogP) is 4.60. The van der Waals surface area contributed by atoms with Crippen LogP contribution in [0.5, 0.6) is 0 Å². The van der Waals surface area contributed by atoms with Crippen LogP contribution in [0.4, 0.5) is 0 Å². The summed E-state index contributed by atoms with van der Waals surface area (Å²) in [5.41, 5.74) is 8.70. The summed E-state index contributed by atoms with van der Waals surface area (Å²) in [6.45, 7) is 0. The van der Waals surface area contributed by atoms with Crippen molar-refractivity contribution in [2.24, 2.45) is 5.73 Å². The number of hydrogen-bond acceptors (Lipinski definition) is 1. The van der Waals surface area contributed by atoms with E-state index in [0.717, 1.165) is 27.9 Å². The SMILES string of the molecule is NC(C1=CCCCC1)c1cc(Cl)cc(Br)c1. The number of halogens is 2. The molecule has 0 radical (unpaired) electrons. The van der Waals surface area contributed by atoms with Crippen molar-refractivity contribution in [2.45, 2.75) is 31.7 Å². The maximum atomic E-state index is 6.26. The summed E-state index contributed by atoms with van der Waals surface area (Å²) in [6.07, 6.45) is 7.09. The van der Waals surface area contributed by atoms with Crippen molar-refractivity contribution in [3.8, 4) is 0 Å². The van der Waals surface area contributed by atoms with E-state index in [2.05, 4.69) is 22.0 Å². The van der Waals surface area contributed by atoms with Crippen LogP contribution >= 0.6 is 27.5 Å². The molecule has 3 heteroatoms. The van der Waals surface area contributed by atoms with E-state index in [9.17, 15) is 0 Å². The molecule has 0 amide bonds. The van der Waals surface area contributed by atoms with Gasteiger partial charge in [-0.2, -0.15) is 0 Å². The number of rotatable bonds is 2. The summed E-state index contributed by atoms with van der Waals surface area (Å²) >= 11 is 9.47. The van der Waals surface area contributed by atoms with Gasteiger partial charge in [0.25, 0.3) is 0 Å². The minimum Gasteiger partial charge on any atom is -0.321 e. The highest BCUT2D eigenvalue weighted by Gasteiger charge is 2.14. The van der Waals surface area contributed by atoms with Gasteiger partial charge >= 0.3 is 0 Å². The van der Waals surface area contributed by atoms with Crippen molar-refractivity contribution in [2.75, 3.05) is 0 Å². The minimum absolute atomic E-state index is 0.00435. The van der Waals surface area contributed by atoms with Gasteiger partial charge in [-0.05, 0) is 49.4 Å². The standard InChI is InChI=1S/C13H15BrClN/c14-11-6-10(7-12(15)8-11)13(16)9-4-2-1-3-5-9/h4,6-8,13H,1-3,5,16H2. The van der Waals surface area contributed by atoms with Crippen LogP contribution in [0.1, 0.15) is 37.3 Å². The summed E-state index contributed by atoms with van der Waals surface area (Å²) in [7, 11) is 0. The topological polar surface area (TPSA) is 26.0 Å². The van der Waals surface area contributed by atoms with Crippen LogP contribution < -0.4 is 5.73 Å². The number of nitrogens with two attached hydrogens (primary N) is 1. The molecule has 1 aromatic rings. The Labute approximate surface area is 110 Å². The second kappa shape index (κ2) is 5.35. The first-order valence-electron chi connectivity index (χ1n) is 5.57. The highest BCUT2D eigenvalue weighted by Crippen LogP contribution is 2.31. The highest BCUT2D eigenvalue weighted by molar-refractivity contribution is 9.10. The van der Waals surface area contributed by atoms with E-state index < -0.39 is 0 Å². The first kappa shape index (κ1) is 12.2.